The molecule has 0 bridgehead atoms. The molecule has 0 saturated carbocycles. The Balaban J connectivity index is 2.26. The lowest BCUT2D eigenvalue weighted by atomic mass is 10.2. The number of methoxy groups -OCH3 is 1. The van der Waals surface area contributed by atoms with Gasteiger partial charge in [0.15, 0.2) is 0 Å². The van der Waals surface area contributed by atoms with Gasteiger partial charge in [0.2, 0.25) is 0 Å². The first-order valence-corrected chi connectivity index (χ1v) is 6.06. The van der Waals surface area contributed by atoms with Gasteiger partial charge in [-0.2, -0.15) is 0 Å². The lowest BCUT2D eigenvalue weighted by Gasteiger charge is -2.35. The molecule has 0 aliphatic carbocycles. The van der Waals surface area contributed by atoms with Crippen molar-refractivity contribution in [2.24, 2.45) is 0 Å². The Labute approximate surface area is 107 Å². The predicted octanol–water partition coefficient (Wildman–Crippen LogP) is 1.68. The number of hydrogen-bond acceptors (Lipinski definition) is 4. The summed E-state index contributed by atoms with van der Waals surface area (Å²) in [5, 5.41) is 0.659. The summed E-state index contributed by atoms with van der Waals surface area (Å²) in [4.78, 5) is 4.53. The molecule has 2 rings (SSSR count). The van der Waals surface area contributed by atoms with Crippen molar-refractivity contribution in [3.63, 3.8) is 0 Å². The van der Waals surface area contributed by atoms with Gasteiger partial charge in [0.1, 0.15) is 5.75 Å². The summed E-state index contributed by atoms with van der Waals surface area (Å²) in [5.41, 5.74) is 7.65. The largest absolute Gasteiger partial charge is 0.497 e. The van der Waals surface area contributed by atoms with Gasteiger partial charge in [-0.1, -0.05) is 11.6 Å². The van der Waals surface area contributed by atoms with Crippen molar-refractivity contribution < 1.29 is 4.74 Å². The van der Waals surface area contributed by atoms with E-state index in [4.69, 9.17) is 22.1 Å². The van der Waals surface area contributed by atoms with E-state index in [1.807, 2.05) is 12.1 Å². The number of ether oxygens (including phenoxy) is 1. The third-order valence-corrected chi connectivity index (χ3v) is 3.41. The average Bonchev–Trinajstić information content (AvgIpc) is 2.30. The van der Waals surface area contributed by atoms with Crippen molar-refractivity contribution in [3.05, 3.63) is 17.2 Å². The molecular weight excluding hydrogens is 238 g/mol. The van der Waals surface area contributed by atoms with Crippen LogP contribution >= 0.6 is 11.6 Å². The number of nitrogen functional groups attached to an aromatic ring is 1. The van der Waals surface area contributed by atoms with Crippen LogP contribution in [0.15, 0.2) is 12.1 Å². The smallest absolute Gasteiger partial charge is 0.122 e. The molecule has 94 valence electrons. The van der Waals surface area contributed by atoms with E-state index in [-0.39, 0.29) is 0 Å². The number of anilines is 2. The van der Waals surface area contributed by atoms with Crippen LogP contribution in [0, 0.1) is 0 Å². The molecule has 4 nitrogen and oxygen atoms in total. The van der Waals surface area contributed by atoms with Gasteiger partial charge in [0, 0.05) is 38.3 Å². The van der Waals surface area contributed by atoms with E-state index < -0.39 is 0 Å². The van der Waals surface area contributed by atoms with Crippen LogP contribution in [0.3, 0.4) is 0 Å². The summed E-state index contributed by atoms with van der Waals surface area (Å²) in [6.45, 7) is 3.96. The number of likely N-dealkylation sites (N-methyl/N-ethyl adjacent to an activating group) is 1. The summed E-state index contributed by atoms with van der Waals surface area (Å²) in [6.07, 6.45) is 0. The summed E-state index contributed by atoms with van der Waals surface area (Å²) in [5.74, 6) is 0.699. The number of piperazine rings is 1. The quantitative estimate of drug-likeness (QED) is 0.817. The van der Waals surface area contributed by atoms with Crippen molar-refractivity contribution in [1.29, 1.82) is 0 Å². The van der Waals surface area contributed by atoms with Crippen molar-refractivity contribution in [2.45, 2.75) is 0 Å². The first kappa shape index (κ1) is 12.3. The van der Waals surface area contributed by atoms with Gasteiger partial charge in [-0.25, -0.2) is 0 Å². The highest BCUT2D eigenvalue weighted by molar-refractivity contribution is 6.34. The molecule has 1 aromatic carbocycles. The first-order chi connectivity index (χ1) is 8.11. The van der Waals surface area contributed by atoms with E-state index in [1.165, 1.54) is 0 Å². The summed E-state index contributed by atoms with van der Waals surface area (Å²) >= 11 is 6.27. The zero-order chi connectivity index (χ0) is 12.4. The Morgan fingerprint density at radius 3 is 2.41 bits per heavy atom. The lowest BCUT2D eigenvalue weighted by molar-refractivity contribution is 0.313. The van der Waals surface area contributed by atoms with Gasteiger partial charge in [0.25, 0.3) is 0 Å². The van der Waals surface area contributed by atoms with Crippen LogP contribution in [0.5, 0.6) is 5.75 Å². The minimum Gasteiger partial charge on any atom is -0.497 e. The molecule has 5 heteroatoms. The normalized spacial score (nSPS) is 17.2. The van der Waals surface area contributed by atoms with Crippen molar-refractivity contribution >= 4 is 23.0 Å². The van der Waals surface area contributed by atoms with E-state index in [9.17, 15) is 0 Å². The maximum absolute atomic E-state index is 6.27. The zero-order valence-corrected chi connectivity index (χ0v) is 11.0. The SMILES string of the molecule is COc1cc(N)c(N2CCN(C)CC2)c(Cl)c1. The third kappa shape index (κ3) is 2.58. The highest BCUT2D eigenvalue weighted by atomic mass is 35.5. The summed E-state index contributed by atoms with van der Waals surface area (Å²) in [6, 6.07) is 3.63. The average molecular weight is 256 g/mol. The topological polar surface area (TPSA) is 41.7 Å². The Hall–Kier alpha value is -1.13. The first-order valence-electron chi connectivity index (χ1n) is 5.68. The van der Waals surface area contributed by atoms with Gasteiger partial charge in [-0.05, 0) is 7.05 Å². The van der Waals surface area contributed by atoms with E-state index in [0.29, 0.717) is 16.5 Å². The van der Waals surface area contributed by atoms with Crippen LogP contribution in [0.25, 0.3) is 0 Å². The van der Waals surface area contributed by atoms with Crippen LogP contribution in [0.1, 0.15) is 0 Å². The molecule has 0 amide bonds. The van der Waals surface area contributed by atoms with Gasteiger partial charge >= 0.3 is 0 Å². The molecule has 0 spiro atoms. The maximum atomic E-state index is 6.27. The van der Waals surface area contributed by atoms with Crippen molar-refractivity contribution in [2.75, 3.05) is 51.0 Å². The molecule has 1 aliphatic rings. The lowest BCUT2D eigenvalue weighted by Crippen LogP contribution is -2.44. The number of rotatable bonds is 2. The third-order valence-electron chi connectivity index (χ3n) is 3.12. The Bertz CT molecular complexity index is 380. The molecule has 1 fully saturated rings. The molecule has 0 radical (unpaired) electrons. The summed E-state index contributed by atoms with van der Waals surface area (Å²) in [7, 11) is 3.73. The Kier molecular flexibility index (Phi) is 3.64. The van der Waals surface area contributed by atoms with Gasteiger partial charge < -0.3 is 20.3 Å². The number of halogens is 1. The summed E-state index contributed by atoms with van der Waals surface area (Å²) < 4.78 is 5.14. The van der Waals surface area contributed by atoms with E-state index in [0.717, 1.165) is 31.9 Å². The van der Waals surface area contributed by atoms with Gasteiger partial charge in [-0.15, -0.1) is 0 Å². The molecule has 17 heavy (non-hydrogen) atoms. The molecular formula is C12H18ClN3O. The zero-order valence-electron chi connectivity index (χ0n) is 10.2. The standard InChI is InChI=1S/C12H18ClN3O/c1-15-3-5-16(6-4-15)12-10(13)7-9(17-2)8-11(12)14/h7-8H,3-6,14H2,1-2H3. The fourth-order valence-electron chi connectivity index (χ4n) is 2.08. The van der Waals surface area contributed by atoms with Crippen LogP contribution in [0.4, 0.5) is 11.4 Å². The molecule has 0 aromatic heterocycles. The molecule has 1 aromatic rings. The van der Waals surface area contributed by atoms with Gasteiger partial charge in [0.05, 0.1) is 23.5 Å². The minimum atomic E-state index is 0.659. The molecule has 1 aliphatic heterocycles. The highest BCUT2D eigenvalue weighted by Gasteiger charge is 2.19. The van der Waals surface area contributed by atoms with E-state index >= 15 is 0 Å². The van der Waals surface area contributed by atoms with E-state index in [1.54, 1.807) is 7.11 Å². The minimum absolute atomic E-state index is 0.659. The van der Waals surface area contributed by atoms with Crippen LogP contribution < -0.4 is 15.4 Å². The Morgan fingerprint density at radius 1 is 1.24 bits per heavy atom. The predicted molar refractivity (Wildman–Crippen MR) is 72.1 cm³/mol. The molecule has 2 N–H and O–H groups in total. The molecule has 0 atom stereocenters. The number of nitrogens with two attached hydrogens (primary N) is 1. The molecule has 1 heterocycles. The highest BCUT2D eigenvalue weighted by Crippen LogP contribution is 2.36. The van der Waals surface area contributed by atoms with Crippen molar-refractivity contribution in [1.82, 2.24) is 4.90 Å². The molecule has 1 saturated heterocycles. The number of benzene rings is 1. The van der Waals surface area contributed by atoms with E-state index in [2.05, 4.69) is 16.8 Å². The van der Waals surface area contributed by atoms with Crippen LogP contribution in [-0.4, -0.2) is 45.2 Å². The molecule has 0 unspecified atom stereocenters. The van der Waals surface area contributed by atoms with Gasteiger partial charge in [-0.3, -0.25) is 0 Å². The second-order valence-corrected chi connectivity index (χ2v) is 4.74. The fraction of sp³-hybridized carbons (Fsp3) is 0.500. The Morgan fingerprint density at radius 2 is 1.88 bits per heavy atom. The number of nitrogens with zero attached hydrogens (tertiary/aromatic N) is 2. The monoisotopic (exact) mass is 255 g/mol. The fourth-order valence-corrected chi connectivity index (χ4v) is 2.41. The van der Waals surface area contributed by atoms with Crippen LogP contribution in [0.2, 0.25) is 5.02 Å². The van der Waals surface area contributed by atoms with Crippen LogP contribution in [-0.2, 0) is 0 Å². The maximum Gasteiger partial charge on any atom is 0.122 e. The number of hydrogen-bond donors (Lipinski definition) is 1. The van der Waals surface area contributed by atoms with Crippen molar-refractivity contribution in [3.8, 4) is 5.75 Å². The second-order valence-electron chi connectivity index (χ2n) is 4.34. The second kappa shape index (κ2) is 5.02.